The fourth-order valence-electron chi connectivity index (χ4n) is 10.4. The van der Waals surface area contributed by atoms with Gasteiger partial charge in [0, 0.05) is 12.8 Å². The molecule has 6 nitrogen and oxygen atoms in total. The van der Waals surface area contributed by atoms with E-state index in [4.69, 9.17) is 4.74 Å². The van der Waals surface area contributed by atoms with E-state index in [9.17, 15) is 19.8 Å². The number of amides is 1. The number of esters is 1. The Kier molecular flexibility index (Phi) is 63.5. The summed E-state index contributed by atoms with van der Waals surface area (Å²) >= 11 is 0. The first kappa shape index (κ1) is 73.8. The van der Waals surface area contributed by atoms with Crippen molar-refractivity contribution < 1.29 is 24.5 Å². The van der Waals surface area contributed by atoms with Crippen LogP contribution in [0, 0.1) is 0 Å². The third-order valence-electron chi connectivity index (χ3n) is 15.6. The molecular formula is C70H131NO5. The lowest BCUT2D eigenvalue weighted by Crippen LogP contribution is -2.45. The third kappa shape index (κ3) is 61.0. The molecule has 76 heavy (non-hydrogen) atoms. The zero-order valence-corrected chi connectivity index (χ0v) is 51.0. The largest absolute Gasteiger partial charge is 0.466 e. The number of hydrogen-bond acceptors (Lipinski definition) is 5. The highest BCUT2D eigenvalue weighted by Gasteiger charge is 2.18. The molecule has 2 atom stereocenters. The molecule has 0 aromatic carbocycles. The number of carbonyl (C=O) groups excluding carboxylic acids is 2. The van der Waals surface area contributed by atoms with Crippen LogP contribution in [0.15, 0.2) is 48.6 Å². The number of allylic oxidation sites excluding steroid dienone is 7. The van der Waals surface area contributed by atoms with Crippen LogP contribution in [-0.2, 0) is 14.3 Å². The van der Waals surface area contributed by atoms with E-state index in [0.717, 1.165) is 51.4 Å². The summed E-state index contributed by atoms with van der Waals surface area (Å²) in [5, 5.41) is 23.0. The van der Waals surface area contributed by atoms with E-state index in [2.05, 4.69) is 55.6 Å². The number of aliphatic hydroxyl groups is 2. The minimum absolute atomic E-state index is 0.00948. The molecule has 0 aliphatic heterocycles. The lowest BCUT2D eigenvalue weighted by Gasteiger charge is -2.20. The molecule has 0 aromatic rings. The molecule has 0 fully saturated rings. The molecule has 6 heteroatoms. The van der Waals surface area contributed by atoms with Gasteiger partial charge in [0.2, 0.25) is 5.91 Å². The molecule has 446 valence electrons. The average molecular weight is 1070 g/mol. The van der Waals surface area contributed by atoms with E-state index < -0.39 is 12.1 Å². The molecule has 0 aliphatic rings. The van der Waals surface area contributed by atoms with E-state index >= 15 is 0 Å². The molecule has 0 aromatic heterocycles. The molecule has 1 amide bonds. The molecule has 0 spiro atoms. The normalized spacial score (nSPS) is 12.8. The van der Waals surface area contributed by atoms with Crippen LogP contribution in [0.2, 0.25) is 0 Å². The summed E-state index contributed by atoms with van der Waals surface area (Å²) in [6.45, 7) is 4.88. The Balaban J connectivity index is 3.35. The fraction of sp³-hybridized carbons (Fsp3) is 0.857. The van der Waals surface area contributed by atoms with Crippen molar-refractivity contribution in [1.29, 1.82) is 0 Å². The Labute approximate surface area is 474 Å². The summed E-state index contributed by atoms with van der Waals surface area (Å²) < 4.78 is 5.50. The van der Waals surface area contributed by atoms with Gasteiger partial charge in [-0.05, 0) is 89.9 Å². The summed E-state index contributed by atoms with van der Waals surface area (Å²) in [4.78, 5) is 24.5. The topological polar surface area (TPSA) is 95.9 Å². The van der Waals surface area contributed by atoms with Gasteiger partial charge in [0.15, 0.2) is 0 Å². The maximum Gasteiger partial charge on any atom is 0.305 e. The van der Waals surface area contributed by atoms with Crippen molar-refractivity contribution in [2.24, 2.45) is 0 Å². The van der Waals surface area contributed by atoms with Crippen molar-refractivity contribution >= 4 is 11.9 Å². The number of unbranched alkanes of at least 4 members (excludes halogenated alkanes) is 46. The Bertz CT molecular complexity index is 1270. The second-order valence-corrected chi connectivity index (χ2v) is 23.1. The van der Waals surface area contributed by atoms with Crippen LogP contribution in [-0.4, -0.2) is 47.4 Å². The minimum Gasteiger partial charge on any atom is -0.466 e. The van der Waals surface area contributed by atoms with Gasteiger partial charge in [-0.25, -0.2) is 0 Å². The van der Waals surface area contributed by atoms with Gasteiger partial charge in [0.05, 0.1) is 25.4 Å². The molecule has 0 bridgehead atoms. The summed E-state index contributed by atoms with van der Waals surface area (Å²) in [6, 6.07) is -0.625. The Hall–Kier alpha value is -2.18. The summed E-state index contributed by atoms with van der Waals surface area (Å²) in [5.74, 6) is -0.0570. The number of ether oxygens (including phenoxy) is 1. The van der Waals surface area contributed by atoms with Crippen LogP contribution >= 0.6 is 0 Å². The standard InChI is InChI=1S/C70H131NO5/c1-3-5-7-9-11-13-15-16-17-33-37-40-44-48-52-56-60-64-70(75)76-65-61-57-53-49-45-41-38-35-32-30-28-26-24-22-20-18-19-21-23-25-27-29-31-34-36-39-43-47-51-55-59-63-69(74)71-67(66-72)68(73)62-58-54-50-46-42-14-12-10-8-6-4-2/h11,13,16-17,20,22,58,62,67-68,72-73H,3-10,12,14-15,18-19,21,23-57,59-61,63-66H2,1-2H3,(H,71,74)/b13-11-,17-16-,22-20-,62-58+. The lowest BCUT2D eigenvalue weighted by molar-refractivity contribution is -0.143. The van der Waals surface area contributed by atoms with Gasteiger partial charge in [0.25, 0.3) is 0 Å². The number of aliphatic hydroxyl groups excluding tert-OH is 2. The smallest absolute Gasteiger partial charge is 0.305 e. The second-order valence-electron chi connectivity index (χ2n) is 23.1. The highest BCUT2D eigenvalue weighted by Crippen LogP contribution is 2.17. The first-order valence-electron chi connectivity index (χ1n) is 33.9. The van der Waals surface area contributed by atoms with E-state index in [-0.39, 0.29) is 18.5 Å². The highest BCUT2D eigenvalue weighted by atomic mass is 16.5. The average Bonchev–Trinajstić information content (AvgIpc) is 3.42. The molecule has 0 saturated carbocycles. The van der Waals surface area contributed by atoms with Crippen molar-refractivity contribution in [3.8, 4) is 0 Å². The molecule has 0 radical (unpaired) electrons. The Morgan fingerprint density at radius 3 is 1.04 bits per heavy atom. The fourth-order valence-corrected chi connectivity index (χ4v) is 10.4. The molecule has 2 unspecified atom stereocenters. The van der Waals surface area contributed by atoms with Crippen molar-refractivity contribution in [2.75, 3.05) is 13.2 Å². The molecule has 3 N–H and O–H groups in total. The maximum atomic E-state index is 12.4. The van der Waals surface area contributed by atoms with Crippen molar-refractivity contribution in [3.63, 3.8) is 0 Å². The molecule has 0 rings (SSSR count). The van der Waals surface area contributed by atoms with E-state index in [0.29, 0.717) is 19.4 Å². The molecular weight excluding hydrogens is 935 g/mol. The first-order chi connectivity index (χ1) is 37.5. The van der Waals surface area contributed by atoms with Gasteiger partial charge in [-0.3, -0.25) is 9.59 Å². The van der Waals surface area contributed by atoms with Gasteiger partial charge in [-0.1, -0.05) is 306 Å². The molecule has 0 aliphatic carbocycles. The zero-order valence-electron chi connectivity index (χ0n) is 51.0. The number of carbonyl (C=O) groups is 2. The number of hydrogen-bond donors (Lipinski definition) is 3. The highest BCUT2D eigenvalue weighted by molar-refractivity contribution is 5.76. The van der Waals surface area contributed by atoms with Gasteiger partial charge in [0.1, 0.15) is 0 Å². The van der Waals surface area contributed by atoms with Crippen molar-refractivity contribution in [3.05, 3.63) is 48.6 Å². The van der Waals surface area contributed by atoms with Crippen LogP contribution in [0.1, 0.15) is 361 Å². The van der Waals surface area contributed by atoms with E-state index in [1.54, 1.807) is 6.08 Å². The predicted octanol–water partition coefficient (Wildman–Crippen LogP) is 21.7. The van der Waals surface area contributed by atoms with Gasteiger partial charge in [-0.15, -0.1) is 0 Å². The molecule has 0 heterocycles. The Morgan fingerprint density at radius 1 is 0.368 bits per heavy atom. The Morgan fingerprint density at radius 2 is 0.658 bits per heavy atom. The van der Waals surface area contributed by atoms with Crippen LogP contribution in [0.5, 0.6) is 0 Å². The quantitative estimate of drug-likeness (QED) is 0.0320. The van der Waals surface area contributed by atoms with Crippen molar-refractivity contribution in [1.82, 2.24) is 5.32 Å². The minimum atomic E-state index is -0.842. The van der Waals surface area contributed by atoms with E-state index in [1.807, 2.05) is 6.08 Å². The monoisotopic (exact) mass is 1070 g/mol. The number of rotatable bonds is 63. The van der Waals surface area contributed by atoms with Crippen molar-refractivity contribution in [2.45, 2.75) is 373 Å². The van der Waals surface area contributed by atoms with Crippen LogP contribution in [0.4, 0.5) is 0 Å². The number of nitrogens with one attached hydrogen (secondary N) is 1. The molecule has 0 saturated heterocycles. The van der Waals surface area contributed by atoms with Gasteiger partial charge >= 0.3 is 5.97 Å². The van der Waals surface area contributed by atoms with Gasteiger partial charge < -0.3 is 20.3 Å². The summed E-state index contributed by atoms with van der Waals surface area (Å²) in [5.41, 5.74) is 0. The van der Waals surface area contributed by atoms with Gasteiger partial charge in [-0.2, -0.15) is 0 Å². The third-order valence-corrected chi connectivity index (χ3v) is 15.6. The van der Waals surface area contributed by atoms with E-state index in [1.165, 1.54) is 283 Å². The summed E-state index contributed by atoms with van der Waals surface area (Å²) in [7, 11) is 0. The van der Waals surface area contributed by atoms with Crippen LogP contribution in [0.25, 0.3) is 0 Å². The second kappa shape index (κ2) is 65.3. The van der Waals surface area contributed by atoms with Crippen LogP contribution < -0.4 is 5.32 Å². The first-order valence-corrected chi connectivity index (χ1v) is 33.9. The predicted molar refractivity (Wildman–Crippen MR) is 333 cm³/mol. The zero-order chi connectivity index (χ0) is 55.0. The maximum absolute atomic E-state index is 12.4. The lowest BCUT2D eigenvalue weighted by atomic mass is 10.0. The SMILES string of the molecule is CCCCC/C=C\C/C=C\CCCCCCCCCC(=O)OCCCCCCCCCCCCCC/C=C\CCCCCCCCCCCCCCCCCC(=O)NC(CO)C(O)/C=C/CCCCCCCCCCC. The summed E-state index contributed by atoms with van der Waals surface area (Å²) in [6.07, 6.45) is 84.7. The van der Waals surface area contributed by atoms with Crippen LogP contribution in [0.3, 0.4) is 0 Å².